The third-order valence-electron chi connectivity index (χ3n) is 1.61. The predicted octanol–water partition coefficient (Wildman–Crippen LogP) is -0.666. The Kier molecular flexibility index (Phi) is 2.38. The van der Waals surface area contributed by atoms with E-state index in [-0.39, 0.29) is 24.1 Å². The van der Waals surface area contributed by atoms with Gasteiger partial charge in [-0.2, -0.15) is 0 Å². The Morgan fingerprint density at radius 3 is 2.67 bits per heavy atom. The monoisotopic (exact) mass is 148 g/mol. The molecule has 3 atom stereocenters. The third kappa shape index (κ3) is 1.60. The van der Waals surface area contributed by atoms with Crippen LogP contribution in [0.4, 0.5) is 0 Å². The first-order valence-electron chi connectivity index (χ1n) is 3.14. The molecule has 1 N–H and O–H groups in total. The molecule has 0 aromatic heterocycles. The van der Waals surface area contributed by atoms with Crippen molar-refractivity contribution in [2.24, 2.45) is 0 Å². The first-order valence-corrected chi connectivity index (χ1v) is 3.58. The van der Waals surface area contributed by atoms with Crippen molar-refractivity contribution in [3.8, 4) is 0 Å². The topological polar surface area (TPSA) is 29.5 Å². The Bertz CT molecular complexity index is 91.0. The van der Waals surface area contributed by atoms with Crippen molar-refractivity contribution in [2.75, 3.05) is 6.61 Å². The maximum absolute atomic E-state index is 8.62. The quantitative estimate of drug-likeness (QED) is 0.395. The summed E-state index contributed by atoms with van der Waals surface area (Å²) in [6.45, 7) is 0.0908. The summed E-state index contributed by atoms with van der Waals surface area (Å²) < 4.78 is 5.24. The van der Waals surface area contributed by atoms with Crippen LogP contribution in [0.1, 0.15) is 6.42 Å². The number of aliphatic hydroxyl groups is 1. The highest BCUT2D eigenvalue weighted by molar-refractivity contribution is 6.26. The minimum Gasteiger partial charge on any atom is -0.394 e. The van der Waals surface area contributed by atoms with E-state index in [1.807, 2.05) is 7.85 Å². The van der Waals surface area contributed by atoms with Crippen LogP contribution in [-0.2, 0) is 4.74 Å². The summed E-state index contributed by atoms with van der Waals surface area (Å²) in [5, 5.41) is 8.70. The van der Waals surface area contributed by atoms with Gasteiger partial charge < -0.3 is 9.84 Å². The van der Waals surface area contributed by atoms with E-state index in [0.717, 1.165) is 6.42 Å². The van der Waals surface area contributed by atoms with Crippen molar-refractivity contribution in [2.45, 2.75) is 23.9 Å². The van der Waals surface area contributed by atoms with Crippen LogP contribution in [0.2, 0.25) is 0 Å². The largest absolute Gasteiger partial charge is 0.394 e. The van der Waals surface area contributed by atoms with E-state index in [0.29, 0.717) is 0 Å². The van der Waals surface area contributed by atoms with Crippen LogP contribution in [0.25, 0.3) is 0 Å². The van der Waals surface area contributed by atoms with Gasteiger partial charge in [-0.05, 0) is 6.42 Å². The van der Waals surface area contributed by atoms with Crippen LogP contribution in [0.5, 0.6) is 0 Å². The zero-order valence-corrected chi connectivity index (χ0v) is 6.14. The molecule has 1 saturated heterocycles. The molecule has 0 bridgehead atoms. The van der Waals surface area contributed by atoms with E-state index in [1.165, 1.54) is 0 Å². The summed E-state index contributed by atoms with van der Waals surface area (Å²) in [6, 6.07) is 0.101. The molecule has 4 heteroatoms. The molecule has 0 radical (unpaired) electrons. The fourth-order valence-electron chi connectivity index (χ4n) is 1.00. The molecule has 1 aliphatic rings. The molecule has 0 aliphatic carbocycles. The lowest BCUT2D eigenvalue weighted by atomic mass is 9.97. The van der Waals surface area contributed by atoms with Gasteiger partial charge in [0, 0.05) is 6.00 Å². The van der Waals surface area contributed by atoms with Crippen molar-refractivity contribution in [1.82, 2.24) is 0 Å². The molecule has 1 heterocycles. The van der Waals surface area contributed by atoms with E-state index in [1.54, 1.807) is 0 Å². The standard InChI is InChI=1S/C5H10BClO2/c6-5-4(7)1-3(2-8)9-5/h3-5,8H,1-2,6H2/t3?,4-,5?/m0/s1. The number of hydrogen-bond donors (Lipinski definition) is 1. The normalized spacial score (nSPS) is 43.6. The molecular weight excluding hydrogens is 138 g/mol. The first kappa shape index (κ1) is 7.38. The Morgan fingerprint density at radius 2 is 2.44 bits per heavy atom. The number of aliphatic hydroxyl groups excluding tert-OH is 1. The zero-order chi connectivity index (χ0) is 6.85. The van der Waals surface area contributed by atoms with E-state index in [9.17, 15) is 0 Å². The summed E-state index contributed by atoms with van der Waals surface area (Å²) in [5.41, 5.74) is 0. The molecule has 2 nitrogen and oxygen atoms in total. The van der Waals surface area contributed by atoms with Crippen LogP contribution >= 0.6 is 11.6 Å². The van der Waals surface area contributed by atoms with E-state index < -0.39 is 0 Å². The summed E-state index contributed by atoms with van der Waals surface area (Å²) >= 11 is 5.80. The van der Waals surface area contributed by atoms with Gasteiger partial charge in [-0.15, -0.1) is 11.6 Å². The smallest absolute Gasteiger partial charge is 0.141 e. The van der Waals surface area contributed by atoms with Crippen molar-refractivity contribution in [1.29, 1.82) is 0 Å². The summed E-state index contributed by atoms with van der Waals surface area (Å²) in [5.74, 6) is 0. The van der Waals surface area contributed by atoms with Crippen molar-refractivity contribution < 1.29 is 9.84 Å². The van der Waals surface area contributed by atoms with Gasteiger partial charge in [-0.1, -0.05) is 0 Å². The third-order valence-corrected chi connectivity index (χ3v) is 2.14. The highest BCUT2D eigenvalue weighted by Crippen LogP contribution is 2.22. The fraction of sp³-hybridized carbons (Fsp3) is 1.00. The van der Waals surface area contributed by atoms with Crippen molar-refractivity contribution in [3.05, 3.63) is 0 Å². The number of alkyl halides is 1. The molecule has 0 aromatic carbocycles. The van der Waals surface area contributed by atoms with E-state index in [4.69, 9.17) is 21.4 Å². The number of hydrogen-bond acceptors (Lipinski definition) is 2. The van der Waals surface area contributed by atoms with Crippen LogP contribution in [0, 0.1) is 0 Å². The summed E-state index contributed by atoms with van der Waals surface area (Å²) in [6.07, 6.45) is 0.752. The maximum atomic E-state index is 8.62. The van der Waals surface area contributed by atoms with Gasteiger partial charge in [-0.3, -0.25) is 0 Å². The van der Waals surface area contributed by atoms with Gasteiger partial charge in [-0.25, -0.2) is 0 Å². The van der Waals surface area contributed by atoms with E-state index >= 15 is 0 Å². The molecule has 1 rings (SSSR count). The lowest BCUT2D eigenvalue weighted by molar-refractivity contribution is 0.0434. The molecule has 1 fully saturated rings. The number of rotatable bonds is 1. The fourth-order valence-corrected chi connectivity index (χ4v) is 1.26. The van der Waals surface area contributed by atoms with Crippen LogP contribution in [-0.4, -0.2) is 37.0 Å². The Hall–Kier alpha value is 0.275. The molecule has 1 aliphatic heterocycles. The minimum absolute atomic E-state index is 0.0255. The lowest BCUT2D eigenvalue weighted by Crippen LogP contribution is -2.16. The molecule has 2 unspecified atom stereocenters. The Balaban J connectivity index is 2.35. The average molecular weight is 148 g/mol. The van der Waals surface area contributed by atoms with Gasteiger partial charge in [0.1, 0.15) is 7.85 Å². The molecule has 0 spiro atoms. The second-order valence-corrected chi connectivity index (χ2v) is 2.96. The highest BCUT2D eigenvalue weighted by atomic mass is 35.5. The molecule has 0 aromatic rings. The molecular formula is C5H10BClO2. The van der Waals surface area contributed by atoms with Crippen molar-refractivity contribution >= 4 is 19.4 Å². The predicted molar refractivity (Wildman–Crippen MR) is 38.5 cm³/mol. The molecule has 52 valence electrons. The SMILES string of the molecule is BC1OC(CO)C[C@@H]1Cl. The second kappa shape index (κ2) is 2.91. The van der Waals surface area contributed by atoms with Gasteiger partial charge in [0.25, 0.3) is 0 Å². The van der Waals surface area contributed by atoms with Crippen LogP contribution < -0.4 is 0 Å². The van der Waals surface area contributed by atoms with Crippen LogP contribution in [0.15, 0.2) is 0 Å². The minimum atomic E-state index is -0.0255. The average Bonchev–Trinajstić information content (AvgIpc) is 2.13. The molecule has 9 heavy (non-hydrogen) atoms. The van der Waals surface area contributed by atoms with Gasteiger partial charge in [0.15, 0.2) is 0 Å². The Morgan fingerprint density at radius 1 is 1.78 bits per heavy atom. The second-order valence-electron chi connectivity index (χ2n) is 2.40. The van der Waals surface area contributed by atoms with Gasteiger partial charge in [0.2, 0.25) is 0 Å². The van der Waals surface area contributed by atoms with Gasteiger partial charge >= 0.3 is 0 Å². The van der Waals surface area contributed by atoms with Gasteiger partial charge in [0.05, 0.1) is 18.1 Å². The summed E-state index contributed by atoms with van der Waals surface area (Å²) in [7, 11) is 1.92. The lowest BCUT2D eigenvalue weighted by Gasteiger charge is -2.05. The van der Waals surface area contributed by atoms with Crippen LogP contribution in [0.3, 0.4) is 0 Å². The number of ether oxygens (including phenoxy) is 1. The highest BCUT2D eigenvalue weighted by Gasteiger charge is 2.29. The summed E-state index contributed by atoms with van der Waals surface area (Å²) in [4.78, 5) is 0. The molecule has 0 saturated carbocycles. The van der Waals surface area contributed by atoms with E-state index in [2.05, 4.69) is 0 Å². The zero-order valence-electron chi connectivity index (χ0n) is 5.38. The first-order chi connectivity index (χ1) is 4.24. The number of halogens is 1. The molecule has 0 amide bonds. The maximum Gasteiger partial charge on any atom is 0.141 e. The Labute approximate surface area is 60.6 Å². The van der Waals surface area contributed by atoms with Crippen molar-refractivity contribution in [3.63, 3.8) is 0 Å².